The summed E-state index contributed by atoms with van der Waals surface area (Å²) >= 11 is 9.62. The van der Waals surface area contributed by atoms with Gasteiger partial charge in [-0.15, -0.1) is 0 Å². The van der Waals surface area contributed by atoms with Crippen molar-refractivity contribution in [2.24, 2.45) is 11.3 Å². The second kappa shape index (κ2) is 6.92. The fourth-order valence-corrected chi connectivity index (χ4v) is 4.82. The average Bonchev–Trinajstić information content (AvgIpc) is 2.53. The molecule has 1 aromatic rings. The number of halogens is 2. The largest absolute Gasteiger partial charge is 0.351 e. The predicted molar refractivity (Wildman–Crippen MR) is 94.7 cm³/mol. The third kappa shape index (κ3) is 3.51. The van der Waals surface area contributed by atoms with E-state index >= 15 is 0 Å². The average molecular weight is 385 g/mol. The molecule has 120 valence electrons. The summed E-state index contributed by atoms with van der Waals surface area (Å²) in [7, 11) is 0. The molecule has 2 aliphatic carbocycles. The highest BCUT2D eigenvalue weighted by Crippen LogP contribution is 2.48. The summed E-state index contributed by atoms with van der Waals surface area (Å²) in [5, 5.41) is 4.43. The van der Waals surface area contributed by atoms with Crippen LogP contribution in [0, 0.1) is 11.3 Å². The fourth-order valence-electron chi connectivity index (χ4n) is 4.26. The third-order valence-corrected chi connectivity index (χ3v) is 6.39. The van der Waals surface area contributed by atoms with Crippen LogP contribution in [-0.4, -0.2) is 12.5 Å². The van der Waals surface area contributed by atoms with Gasteiger partial charge < -0.3 is 5.32 Å². The summed E-state index contributed by atoms with van der Waals surface area (Å²) in [5.74, 6) is 0.856. The van der Waals surface area contributed by atoms with E-state index < -0.39 is 0 Å². The number of fused-ring (bicyclic) bond motifs is 2. The summed E-state index contributed by atoms with van der Waals surface area (Å²) in [4.78, 5) is 12.5. The Morgan fingerprint density at radius 1 is 1.32 bits per heavy atom. The Hall–Kier alpha value is -0.540. The smallest absolute Gasteiger partial charge is 0.252 e. The Labute approximate surface area is 146 Å². The van der Waals surface area contributed by atoms with Gasteiger partial charge in [-0.25, -0.2) is 0 Å². The van der Waals surface area contributed by atoms with E-state index in [2.05, 4.69) is 21.2 Å². The van der Waals surface area contributed by atoms with E-state index in [-0.39, 0.29) is 5.91 Å². The normalized spacial score (nSPS) is 27.5. The van der Waals surface area contributed by atoms with Crippen molar-refractivity contribution in [1.82, 2.24) is 5.32 Å². The van der Waals surface area contributed by atoms with Crippen LogP contribution in [0.2, 0.25) is 5.02 Å². The molecule has 2 bridgehead atoms. The van der Waals surface area contributed by atoms with Gasteiger partial charge in [0, 0.05) is 11.9 Å². The van der Waals surface area contributed by atoms with E-state index in [1.54, 1.807) is 0 Å². The summed E-state index contributed by atoms with van der Waals surface area (Å²) < 4.78 is 0. The molecular formula is C18H23BrClNO. The summed E-state index contributed by atoms with van der Waals surface area (Å²) in [6.45, 7) is 0.803. The van der Waals surface area contributed by atoms with Crippen LogP contribution in [0.1, 0.15) is 60.9 Å². The van der Waals surface area contributed by atoms with Crippen molar-refractivity contribution in [2.75, 3.05) is 6.54 Å². The minimum Gasteiger partial charge on any atom is -0.351 e. The number of carbonyl (C=O) groups is 1. The maximum absolute atomic E-state index is 12.5. The lowest BCUT2D eigenvalue weighted by Crippen LogP contribution is -2.43. The SMILES string of the molecule is O=C(NCC12CCCC(CCC1)C2)c1cc(CBr)ccc1Cl. The zero-order chi connectivity index (χ0) is 15.6. The van der Waals surface area contributed by atoms with Crippen LogP contribution < -0.4 is 5.32 Å². The molecule has 0 spiro atoms. The molecule has 0 atom stereocenters. The number of hydrogen-bond donors (Lipinski definition) is 1. The van der Waals surface area contributed by atoms with Crippen molar-refractivity contribution in [3.05, 3.63) is 34.3 Å². The van der Waals surface area contributed by atoms with Crippen LogP contribution in [0.3, 0.4) is 0 Å². The Morgan fingerprint density at radius 2 is 2.05 bits per heavy atom. The first-order valence-corrected chi connectivity index (χ1v) is 9.74. The van der Waals surface area contributed by atoms with Gasteiger partial charge in [-0.05, 0) is 48.3 Å². The molecule has 0 radical (unpaired) electrons. The van der Waals surface area contributed by atoms with Crippen LogP contribution in [0.4, 0.5) is 0 Å². The summed E-state index contributed by atoms with van der Waals surface area (Å²) in [6.07, 6.45) is 9.23. The van der Waals surface area contributed by atoms with Gasteiger partial charge in [0.1, 0.15) is 0 Å². The highest BCUT2D eigenvalue weighted by molar-refractivity contribution is 9.08. The Kier molecular flexibility index (Phi) is 5.13. The van der Waals surface area contributed by atoms with Gasteiger partial charge in [-0.2, -0.15) is 0 Å². The van der Waals surface area contributed by atoms with Crippen LogP contribution >= 0.6 is 27.5 Å². The number of amides is 1. The molecule has 0 unspecified atom stereocenters. The van der Waals surface area contributed by atoms with E-state index in [0.29, 0.717) is 16.0 Å². The van der Waals surface area contributed by atoms with Gasteiger partial charge in [0.2, 0.25) is 0 Å². The highest BCUT2D eigenvalue weighted by Gasteiger charge is 2.39. The van der Waals surface area contributed by atoms with E-state index in [4.69, 9.17) is 11.6 Å². The van der Waals surface area contributed by atoms with E-state index in [9.17, 15) is 4.79 Å². The zero-order valence-corrected chi connectivity index (χ0v) is 15.2. The molecule has 2 saturated carbocycles. The van der Waals surface area contributed by atoms with Crippen molar-refractivity contribution in [3.63, 3.8) is 0 Å². The number of rotatable bonds is 4. The molecule has 0 heterocycles. The monoisotopic (exact) mass is 383 g/mol. The number of hydrogen-bond acceptors (Lipinski definition) is 1. The van der Waals surface area contributed by atoms with Gasteiger partial charge in [0.25, 0.3) is 5.91 Å². The van der Waals surface area contributed by atoms with Crippen molar-refractivity contribution in [3.8, 4) is 0 Å². The first-order chi connectivity index (χ1) is 10.6. The van der Waals surface area contributed by atoms with E-state index in [1.807, 2.05) is 18.2 Å². The van der Waals surface area contributed by atoms with Crippen molar-refractivity contribution >= 4 is 33.4 Å². The van der Waals surface area contributed by atoms with Gasteiger partial charge >= 0.3 is 0 Å². The molecule has 0 saturated heterocycles. The third-order valence-electron chi connectivity index (χ3n) is 5.41. The predicted octanol–water partition coefficient (Wildman–Crippen LogP) is 5.33. The summed E-state index contributed by atoms with van der Waals surface area (Å²) in [5.41, 5.74) is 2.01. The lowest BCUT2D eigenvalue weighted by atomic mass is 9.62. The molecule has 4 heteroatoms. The van der Waals surface area contributed by atoms with Crippen LogP contribution in [0.5, 0.6) is 0 Å². The standard InChI is InChI=1S/C18H23BrClNO/c19-11-14-5-6-16(20)15(9-14)17(22)21-12-18-7-1-3-13(10-18)4-2-8-18/h5-6,9,13H,1-4,7-8,10-12H2,(H,21,22). The molecule has 1 aromatic carbocycles. The number of nitrogens with one attached hydrogen (secondary N) is 1. The second-order valence-electron chi connectivity index (χ2n) is 6.99. The van der Waals surface area contributed by atoms with Gasteiger partial charge in [0.15, 0.2) is 0 Å². The summed E-state index contributed by atoms with van der Waals surface area (Å²) in [6, 6.07) is 5.64. The quantitative estimate of drug-likeness (QED) is 0.699. The topological polar surface area (TPSA) is 29.1 Å². The Morgan fingerprint density at radius 3 is 2.73 bits per heavy atom. The fraction of sp³-hybridized carbons (Fsp3) is 0.611. The highest BCUT2D eigenvalue weighted by atomic mass is 79.9. The van der Waals surface area contributed by atoms with Crippen molar-refractivity contribution in [1.29, 1.82) is 0 Å². The van der Waals surface area contributed by atoms with Crippen molar-refractivity contribution in [2.45, 2.75) is 50.3 Å². The first kappa shape index (κ1) is 16.3. The lowest BCUT2D eigenvalue weighted by molar-refractivity contribution is 0.0682. The molecule has 2 nitrogen and oxygen atoms in total. The van der Waals surface area contributed by atoms with Gasteiger partial charge in [0.05, 0.1) is 10.6 Å². The van der Waals surface area contributed by atoms with Crippen LogP contribution in [0.25, 0.3) is 0 Å². The molecule has 2 fully saturated rings. The number of benzene rings is 1. The maximum atomic E-state index is 12.5. The molecule has 1 N–H and O–H groups in total. The maximum Gasteiger partial charge on any atom is 0.252 e. The lowest BCUT2D eigenvalue weighted by Gasteiger charge is -2.45. The molecule has 1 amide bonds. The minimum atomic E-state index is -0.0325. The van der Waals surface area contributed by atoms with Gasteiger partial charge in [-0.3, -0.25) is 4.79 Å². The second-order valence-corrected chi connectivity index (χ2v) is 7.95. The molecule has 0 aromatic heterocycles. The molecule has 22 heavy (non-hydrogen) atoms. The van der Waals surface area contributed by atoms with Gasteiger partial charge in [-0.1, -0.05) is 59.3 Å². The van der Waals surface area contributed by atoms with Crippen LogP contribution in [0.15, 0.2) is 18.2 Å². The Bertz CT molecular complexity index is 550. The molecular weight excluding hydrogens is 362 g/mol. The first-order valence-electron chi connectivity index (χ1n) is 8.24. The number of alkyl halides is 1. The van der Waals surface area contributed by atoms with E-state index in [0.717, 1.165) is 23.4 Å². The molecule has 0 aliphatic heterocycles. The zero-order valence-electron chi connectivity index (χ0n) is 12.8. The van der Waals surface area contributed by atoms with E-state index in [1.165, 1.54) is 44.9 Å². The van der Waals surface area contributed by atoms with Crippen LogP contribution in [-0.2, 0) is 5.33 Å². The Balaban J connectivity index is 1.67. The molecule has 3 rings (SSSR count). The molecule has 2 aliphatic rings. The minimum absolute atomic E-state index is 0.0325. The van der Waals surface area contributed by atoms with Crippen molar-refractivity contribution < 1.29 is 4.79 Å². The number of carbonyl (C=O) groups excluding carboxylic acids is 1.